The Hall–Kier alpha value is -1.46. The molecule has 1 aliphatic heterocycles. The monoisotopic (exact) mass is 326 g/mol. The highest BCUT2D eigenvalue weighted by atomic mass is 35.5. The molecule has 1 fully saturated rings. The van der Waals surface area contributed by atoms with E-state index in [2.05, 4.69) is 10.6 Å². The van der Waals surface area contributed by atoms with E-state index in [4.69, 9.17) is 21.1 Å². The van der Waals surface area contributed by atoms with Crippen LogP contribution in [0.15, 0.2) is 12.1 Å². The van der Waals surface area contributed by atoms with Crippen LogP contribution in [0.1, 0.15) is 25.7 Å². The third kappa shape index (κ3) is 4.52. The summed E-state index contributed by atoms with van der Waals surface area (Å²) < 4.78 is 10.4. The number of piperidine rings is 1. The number of hydrogen-bond donors (Lipinski definition) is 2. The second-order valence-electron chi connectivity index (χ2n) is 5.47. The molecule has 0 atom stereocenters. The molecule has 122 valence electrons. The lowest BCUT2D eigenvalue weighted by atomic mass is 9.93. The maximum atomic E-state index is 12.2. The van der Waals surface area contributed by atoms with Crippen LogP contribution in [0.25, 0.3) is 0 Å². The van der Waals surface area contributed by atoms with Crippen molar-refractivity contribution in [2.75, 3.05) is 32.6 Å². The fraction of sp³-hybridized carbons (Fsp3) is 0.562. The van der Waals surface area contributed by atoms with Crippen molar-refractivity contribution in [1.82, 2.24) is 5.32 Å². The van der Waals surface area contributed by atoms with Gasteiger partial charge >= 0.3 is 0 Å². The second kappa shape index (κ2) is 8.25. The van der Waals surface area contributed by atoms with Gasteiger partial charge in [-0.1, -0.05) is 11.6 Å². The average Bonchev–Trinajstić information content (AvgIpc) is 2.55. The van der Waals surface area contributed by atoms with Gasteiger partial charge in [-0.05, 0) is 38.3 Å². The van der Waals surface area contributed by atoms with Crippen molar-refractivity contribution in [1.29, 1.82) is 0 Å². The molecule has 0 unspecified atom stereocenters. The van der Waals surface area contributed by atoms with E-state index < -0.39 is 0 Å². The van der Waals surface area contributed by atoms with E-state index in [0.29, 0.717) is 34.5 Å². The van der Waals surface area contributed by atoms with Crippen molar-refractivity contribution in [3.8, 4) is 11.5 Å². The molecule has 22 heavy (non-hydrogen) atoms. The molecule has 1 aromatic rings. The van der Waals surface area contributed by atoms with Gasteiger partial charge in [0, 0.05) is 18.6 Å². The lowest BCUT2D eigenvalue weighted by Gasteiger charge is -2.22. The number of halogens is 1. The van der Waals surface area contributed by atoms with Crippen LogP contribution in [0, 0.1) is 5.92 Å². The minimum atomic E-state index is -0.0128. The van der Waals surface area contributed by atoms with Crippen molar-refractivity contribution in [2.24, 2.45) is 5.92 Å². The Bertz CT molecular complexity index is 516. The number of amides is 1. The maximum Gasteiger partial charge on any atom is 0.224 e. The van der Waals surface area contributed by atoms with Gasteiger partial charge in [0.05, 0.1) is 24.9 Å². The predicted octanol–water partition coefficient (Wildman–Crippen LogP) is 3.08. The third-order valence-electron chi connectivity index (χ3n) is 3.99. The summed E-state index contributed by atoms with van der Waals surface area (Å²) in [5.41, 5.74) is 0.582. The molecular weight excluding hydrogens is 304 g/mol. The number of ether oxygens (including phenoxy) is 2. The normalized spacial score (nSPS) is 15.4. The standard InChI is InChI=1S/C16H23ClN2O3/c1-21-14-10-13(15(22-2)9-12(14)17)19-16(20)4-3-11-5-7-18-8-6-11/h9-11,18H,3-8H2,1-2H3,(H,19,20). The van der Waals surface area contributed by atoms with Crippen LogP contribution in [0.2, 0.25) is 5.02 Å². The highest BCUT2D eigenvalue weighted by Gasteiger charge is 2.16. The molecule has 2 rings (SSSR count). The van der Waals surface area contributed by atoms with E-state index in [0.717, 1.165) is 32.4 Å². The van der Waals surface area contributed by atoms with Gasteiger partial charge in [-0.2, -0.15) is 0 Å². The van der Waals surface area contributed by atoms with E-state index in [1.54, 1.807) is 19.2 Å². The molecule has 0 radical (unpaired) electrons. The van der Waals surface area contributed by atoms with Gasteiger partial charge in [-0.3, -0.25) is 4.79 Å². The van der Waals surface area contributed by atoms with Gasteiger partial charge < -0.3 is 20.1 Å². The maximum absolute atomic E-state index is 12.2. The number of benzene rings is 1. The highest BCUT2D eigenvalue weighted by molar-refractivity contribution is 6.32. The fourth-order valence-corrected chi connectivity index (χ4v) is 2.91. The van der Waals surface area contributed by atoms with Crippen molar-refractivity contribution in [3.63, 3.8) is 0 Å². The summed E-state index contributed by atoms with van der Waals surface area (Å²) in [4.78, 5) is 12.2. The lowest BCUT2D eigenvalue weighted by molar-refractivity contribution is -0.116. The Morgan fingerprint density at radius 1 is 1.27 bits per heavy atom. The fourth-order valence-electron chi connectivity index (χ4n) is 2.68. The summed E-state index contributed by atoms with van der Waals surface area (Å²) in [6.45, 7) is 2.10. The molecule has 0 aromatic heterocycles. The molecule has 0 aliphatic carbocycles. The Balaban J connectivity index is 1.95. The second-order valence-corrected chi connectivity index (χ2v) is 5.87. The smallest absolute Gasteiger partial charge is 0.224 e. The molecule has 5 nitrogen and oxygen atoms in total. The molecule has 1 saturated heterocycles. The summed E-state index contributed by atoms with van der Waals surface area (Å²) in [5, 5.41) is 6.67. The van der Waals surface area contributed by atoms with Crippen molar-refractivity contribution < 1.29 is 14.3 Å². The largest absolute Gasteiger partial charge is 0.495 e. The zero-order valence-corrected chi connectivity index (χ0v) is 13.8. The molecule has 1 heterocycles. The number of carbonyl (C=O) groups excluding carboxylic acids is 1. The zero-order valence-electron chi connectivity index (χ0n) is 13.1. The number of nitrogens with one attached hydrogen (secondary N) is 2. The summed E-state index contributed by atoms with van der Waals surface area (Å²) in [7, 11) is 3.08. The molecule has 0 saturated carbocycles. The summed E-state index contributed by atoms with van der Waals surface area (Å²) in [6.07, 6.45) is 3.72. The van der Waals surface area contributed by atoms with Crippen molar-refractivity contribution in [3.05, 3.63) is 17.2 Å². The van der Waals surface area contributed by atoms with Crippen LogP contribution in [0.4, 0.5) is 5.69 Å². The first-order chi connectivity index (χ1) is 10.6. The summed E-state index contributed by atoms with van der Waals surface area (Å²) in [5.74, 6) is 1.66. The molecule has 1 aromatic carbocycles. The molecular formula is C16H23ClN2O3. The number of anilines is 1. The topological polar surface area (TPSA) is 59.6 Å². The first kappa shape index (κ1) is 16.9. The van der Waals surface area contributed by atoms with E-state index in [9.17, 15) is 4.79 Å². The van der Waals surface area contributed by atoms with Crippen molar-refractivity contribution in [2.45, 2.75) is 25.7 Å². The van der Waals surface area contributed by atoms with E-state index in [-0.39, 0.29) is 5.91 Å². The SMILES string of the molecule is COc1cc(NC(=O)CCC2CCNCC2)c(OC)cc1Cl. The molecule has 0 spiro atoms. The van der Waals surface area contributed by atoms with E-state index in [1.807, 2.05) is 0 Å². The van der Waals surface area contributed by atoms with Crippen LogP contribution in [0.5, 0.6) is 11.5 Å². The average molecular weight is 327 g/mol. The van der Waals surface area contributed by atoms with Crippen LogP contribution in [-0.4, -0.2) is 33.2 Å². The van der Waals surface area contributed by atoms with E-state index in [1.165, 1.54) is 7.11 Å². The number of rotatable bonds is 6. The van der Waals surface area contributed by atoms with E-state index >= 15 is 0 Å². The van der Waals surface area contributed by atoms with Crippen LogP contribution in [-0.2, 0) is 4.79 Å². The minimum Gasteiger partial charge on any atom is -0.495 e. The Labute approximate surface area is 136 Å². The molecule has 0 bridgehead atoms. The van der Waals surface area contributed by atoms with Gasteiger partial charge in [0.15, 0.2) is 0 Å². The number of methoxy groups -OCH3 is 2. The first-order valence-electron chi connectivity index (χ1n) is 7.56. The number of hydrogen-bond acceptors (Lipinski definition) is 4. The van der Waals surface area contributed by atoms with Gasteiger partial charge in [0.2, 0.25) is 5.91 Å². The summed E-state index contributed by atoms with van der Waals surface area (Å²) in [6, 6.07) is 3.33. The predicted molar refractivity (Wildman–Crippen MR) is 88.0 cm³/mol. The van der Waals surface area contributed by atoms with Crippen molar-refractivity contribution >= 4 is 23.2 Å². The van der Waals surface area contributed by atoms with Crippen LogP contribution < -0.4 is 20.1 Å². The van der Waals surface area contributed by atoms with Gasteiger partial charge in [-0.15, -0.1) is 0 Å². The third-order valence-corrected chi connectivity index (χ3v) is 4.28. The van der Waals surface area contributed by atoms with Gasteiger partial charge in [-0.25, -0.2) is 0 Å². The minimum absolute atomic E-state index is 0.0128. The molecule has 1 aliphatic rings. The van der Waals surface area contributed by atoms with Gasteiger partial charge in [0.1, 0.15) is 11.5 Å². The molecule has 6 heteroatoms. The quantitative estimate of drug-likeness (QED) is 0.843. The Morgan fingerprint density at radius 2 is 1.95 bits per heavy atom. The molecule has 1 amide bonds. The lowest BCUT2D eigenvalue weighted by Crippen LogP contribution is -2.28. The zero-order chi connectivity index (χ0) is 15.9. The van der Waals surface area contributed by atoms with Crippen LogP contribution >= 0.6 is 11.6 Å². The first-order valence-corrected chi connectivity index (χ1v) is 7.94. The van der Waals surface area contributed by atoms with Gasteiger partial charge in [0.25, 0.3) is 0 Å². The van der Waals surface area contributed by atoms with Crippen LogP contribution in [0.3, 0.4) is 0 Å². The Kier molecular flexibility index (Phi) is 6.34. The summed E-state index contributed by atoms with van der Waals surface area (Å²) >= 11 is 6.06. The number of carbonyl (C=O) groups is 1. The highest BCUT2D eigenvalue weighted by Crippen LogP contribution is 2.36. The Morgan fingerprint density at radius 3 is 2.59 bits per heavy atom. The molecule has 2 N–H and O–H groups in total.